The number of aromatic carboxylic acids is 1. The van der Waals surface area contributed by atoms with Gasteiger partial charge < -0.3 is 20.1 Å². The molecule has 7 heteroatoms. The highest BCUT2D eigenvalue weighted by atomic mass is 16.5. The van der Waals surface area contributed by atoms with Crippen molar-refractivity contribution in [2.24, 2.45) is 0 Å². The predicted octanol–water partition coefficient (Wildman–Crippen LogP) is 0.165. The number of nitrogens with one attached hydrogen (secondary N) is 1. The van der Waals surface area contributed by atoms with E-state index in [0.717, 1.165) is 6.54 Å². The number of likely N-dealkylation sites (N-methyl/N-ethyl adjacent to an activating group) is 1. The maximum Gasteiger partial charge on any atom is 0.339 e. The van der Waals surface area contributed by atoms with E-state index in [-0.39, 0.29) is 11.4 Å². The summed E-state index contributed by atoms with van der Waals surface area (Å²) in [4.78, 5) is 12.9. The zero-order valence-corrected chi connectivity index (χ0v) is 10.6. The van der Waals surface area contributed by atoms with Crippen LogP contribution in [0.3, 0.4) is 0 Å². The first kappa shape index (κ1) is 14.3. The van der Waals surface area contributed by atoms with Crippen LogP contribution < -0.4 is 5.32 Å². The van der Waals surface area contributed by atoms with Gasteiger partial charge >= 0.3 is 5.97 Å². The van der Waals surface area contributed by atoms with Crippen LogP contribution in [0, 0.1) is 0 Å². The molecule has 0 spiro atoms. The van der Waals surface area contributed by atoms with Crippen LogP contribution in [0.25, 0.3) is 0 Å². The Hall–Kier alpha value is -1.73. The number of hydrogen-bond donors (Lipinski definition) is 2. The summed E-state index contributed by atoms with van der Waals surface area (Å²) in [6.07, 6.45) is 1.35. The van der Waals surface area contributed by atoms with Gasteiger partial charge in [0.15, 0.2) is 5.82 Å². The summed E-state index contributed by atoms with van der Waals surface area (Å²) in [7, 11) is 3.95. The van der Waals surface area contributed by atoms with Crippen molar-refractivity contribution in [3.8, 4) is 0 Å². The zero-order chi connectivity index (χ0) is 13.4. The molecule has 0 bridgehead atoms. The monoisotopic (exact) mass is 254 g/mol. The van der Waals surface area contributed by atoms with E-state index in [1.165, 1.54) is 12.3 Å². The van der Waals surface area contributed by atoms with Crippen molar-refractivity contribution in [2.45, 2.75) is 0 Å². The van der Waals surface area contributed by atoms with E-state index < -0.39 is 5.97 Å². The van der Waals surface area contributed by atoms with E-state index in [1.807, 2.05) is 19.0 Å². The first-order valence-corrected chi connectivity index (χ1v) is 5.62. The SMILES string of the molecule is CN(C)CCOCCNc1nnccc1C(=O)O. The number of hydrogen-bond acceptors (Lipinski definition) is 6. The third-order valence-electron chi connectivity index (χ3n) is 2.17. The summed E-state index contributed by atoms with van der Waals surface area (Å²) >= 11 is 0. The lowest BCUT2D eigenvalue weighted by Gasteiger charge is -2.10. The van der Waals surface area contributed by atoms with Crippen LogP contribution in [0.15, 0.2) is 12.3 Å². The number of rotatable bonds is 8. The molecule has 100 valence electrons. The largest absolute Gasteiger partial charge is 0.478 e. The van der Waals surface area contributed by atoms with Crippen LogP contribution in [-0.2, 0) is 4.74 Å². The summed E-state index contributed by atoms with van der Waals surface area (Å²) < 4.78 is 5.37. The molecule has 0 amide bonds. The third kappa shape index (κ3) is 5.07. The standard InChI is InChI=1S/C11H18N4O3/c1-15(2)6-8-18-7-5-12-10-9(11(16)17)3-4-13-14-10/h3-4H,5-8H2,1-2H3,(H,12,14)(H,16,17). The second kappa shape index (κ2) is 7.57. The molecule has 0 unspecified atom stereocenters. The van der Waals surface area contributed by atoms with Gasteiger partial charge in [0, 0.05) is 13.1 Å². The molecule has 7 nitrogen and oxygen atoms in total. The van der Waals surface area contributed by atoms with E-state index in [0.29, 0.717) is 19.8 Å². The number of carboxylic acid groups (broad SMARTS) is 1. The average Bonchev–Trinajstić information content (AvgIpc) is 2.33. The molecule has 0 atom stereocenters. The Morgan fingerprint density at radius 1 is 1.50 bits per heavy atom. The van der Waals surface area contributed by atoms with Gasteiger partial charge in [-0.2, -0.15) is 5.10 Å². The van der Waals surface area contributed by atoms with Gasteiger partial charge in [-0.15, -0.1) is 5.10 Å². The first-order chi connectivity index (χ1) is 8.61. The van der Waals surface area contributed by atoms with Gasteiger partial charge in [0.2, 0.25) is 0 Å². The lowest BCUT2D eigenvalue weighted by Crippen LogP contribution is -2.20. The van der Waals surface area contributed by atoms with Gasteiger partial charge in [-0.25, -0.2) is 4.79 Å². The predicted molar refractivity (Wildman–Crippen MR) is 66.9 cm³/mol. The number of carboxylic acids is 1. The molecule has 0 saturated carbocycles. The summed E-state index contributed by atoms with van der Waals surface area (Å²) in [6.45, 7) is 2.47. The van der Waals surface area contributed by atoms with Crippen molar-refractivity contribution in [3.05, 3.63) is 17.8 Å². The van der Waals surface area contributed by atoms with Crippen molar-refractivity contribution in [1.82, 2.24) is 15.1 Å². The molecule has 1 aromatic heterocycles. The normalized spacial score (nSPS) is 10.6. The highest BCUT2D eigenvalue weighted by Crippen LogP contribution is 2.08. The Bertz CT molecular complexity index is 384. The van der Waals surface area contributed by atoms with Crippen molar-refractivity contribution < 1.29 is 14.6 Å². The highest BCUT2D eigenvalue weighted by molar-refractivity contribution is 5.92. The van der Waals surface area contributed by atoms with Crippen molar-refractivity contribution in [3.63, 3.8) is 0 Å². The lowest BCUT2D eigenvalue weighted by atomic mass is 10.3. The fourth-order valence-corrected chi connectivity index (χ4v) is 1.23. The van der Waals surface area contributed by atoms with Crippen LogP contribution >= 0.6 is 0 Å². The van der Waals surface area contributed by atoms with Crippen LogP contribution in [0.2, 0.25) is 0 Å². The molecule has 1 rings (SSSR count). The van der Waals surface area contributed by atoms with E-state index >= 15 is 0 Å². The van der Waals surface area contributed by atoms with Crippen molar-refractivity contribution in [1.29, 1.82) is 0 Å². The molecule has 0 aromatic carbocycles. The number of nitrogens with zero attached hydrogens (tertiary/aromatic N) is 3. The molecule has 0 aliphatic carbocycles. The van der Waals surface area contributed by atoms with Crippen LogP contribution in [-0.4, -0.2) is 66.6 Å². The molecule has 0 radical (unpaired) electrons. The Morgan fingerprint density at radius 3 is 2.94 bits per heavy atom. The minimum absolute atomic E-state index is 0.110. The second-order valence-electron chi connectivity index (χ2n) is 3.94. The number of anilines is 1. The summed E-state index contributed by atoms with van der Waals surface area (Å²) in [6, 6.07) is 1.41. The van der Waals surface area contributed by atoms with Gasteiger partial charge in [0.05, 0.1) is 19.4 Å². The fraction of sp³-hybridized carbons (Fsp3) is 0.545. The highest BCUT2D eigenvalue weighted by Gasteiger charge is 2.10. The summed E-state index contributed by atoms with van der Waals surface area (Å²) in [5.74, 6) is -0.762. The van der Waals surface area contributed by atoms with Gasteiger partial charge in [-0.05, 0) is 20.2 Å². The maximum absolute atomic E-state index is 10.9. The van der Waals surface area contributed by atoms with Gasteiger partial charge in [0.1, 0.15) is 5.56 Å². The van der Waals surface area contributed by atoms with Crippen molar-refractivity contribution in [2.75, 3.05) is 45.7 Å². The molecule has 0 saturated heterocycles. The van der Waals surface area contributed by atoms with Crippen LogP contribution in [0.1, 0.15) is 10.4 Å². The van der Waals surface area contributed by atoms with Crippen LogP contribution in [0.4, 0.5) is 5.82 Å². The Kier molecular flexibility index (Phi) is 6.03. The topological polar surface area (TPSA) is 87.6 Å². The Labute approximate surface area is 106 Å². The van der Waals surface area contributed by atoms with E-state index in [9.17, 15) is 4.79 Å². The van der Waals surface area contributed by atoms with E-state index in [1.54, 1.807) is 0 Å². The lowest BCUT2D eigenvalue weighted by molar-refractivity contribution is 0.0697. The fourth-order valence-electron chi connectivity index (χ4n) is 1.23. The van der Waals surface area contributed by atoms with Gasteiger partial charge in [-0.3, -0.25) is 0 Å². The average molecular weight is 254 g/mol. The second-order valence-corrected chi connectivity index (χ2v) is 3.94. The Balaban J connectivity index is 2.29. The number of aromatic nitrogens is 2. The van der Waals surface area contributed by atoms with E-state index in [4.69, 9.17) is 9.84 Å². The summed E-state index contributed by atoms with van der Waals surface area (Å²) in [5, 5.41) is 19.2. The van der Waals surface area contributed by atoms with Gasteiger partial charge in [-0.1, -0.05) is 0 Å². The van der Waals surface area contributed by atoms with E-state index in [2.05, 4.69) is 15.5 Å². The minimum Gasteiger partial charge on any atom is -0.478 e. The molecule has 1 heterocycles. The van der Waals surface area contributed by atoms with Crippen LogP contribution in [0.5, 0.6) is 0 Å². The van der Waals surface area contributed by atoms with Crippen molar-refractivity contribution >= 4 is 11.8 Å². The summed E-state index contributed by atoms with van der Waals surface area (Å²) in [5.41, 5.74) is 0.110. The first-order valence-electron chi connectivity index (χ1n) is 5.62. The molecule has 1 aromatic rings. The number of carbonyl (C=O) groups is 1. The maximum atomic E-state index is 10.9. The molecular formula is C11H18N4O3. The molecule has 0 aliphatic heterocycles. The molecule has 2 N–H and O–H groups in total. The zero-order valence-electron chi connectivity index (χ0n) is 10.6. The Morgan fingerprint density at radius 2 is 2.28 bits per heavy atom. The van der Waals surface area contributed by atoms with Gasteiger partial charge in [0.25, 0.3) is 0 Å². The number of ether oxygens (including phenoxy) is 1. The minimum atomic E-state index is -1.03. The molecule has 0 fully saturated rings. The molecular weight excluding hydrogens is 236 g/mol. The quantitative estimate of drug-likeness (QED) is 0.639. The third-order valence-corrected chi connectivity index (χ3v) is 2.17. The molecule has 0 aliphatic rings. The smallest absolute Gasteiger partial charge is 0.339 e. The molecule has 18 heavy (non-hydrogen) atoms.